The number of benzene rings is 4. The van der Waals surface area contributed by atoms with Crippen molar-refractivity contribution in [2.75, 3.05) is 19.6 Å². The zero-order chi connectivity index (χ0) is 35.5. The number of hydrogen-bond donors (Lipinski definition) is 3. The Hall–Kier alpha value is -2.69. The smallest absolute Gasteiger partial charge is 0.272 e. The second-order valence-electron chi connectivity index (χ2n) is 13.2. The third-order valence-corrected chi connectivity index (χ3v) is 10.5. The Kier molecular flexibility index (Phi) is 11.8. The number of aliphatic hydroxyl groups is 2. The molecule has 4 aromatic carbocycles. The van der Waals surface area contributed by atoms with E-state index in [-0.39, 0.29) is 31.3 Å². The highest BCUT2D eigenvalue weighted by molar-refractivity contribution is 6.76. The fourth-order valence-electron chi connectivity index (χ4n) is 6.71. The number of carbonyl (C=O) groups is 1. The summed E-state index contributed by atoms with van der Waals surface area (Å²) >= 11 is 23.2. The third kappa shape index (κ3) is 8.84. The molecule has 3 N–H and O–H groups in total. The number of nitrogens with one attached hydrogen (secondary N) is 1. The van der Waals surface area contributed by atoms with E-state index in [0.29, 0.717) is 24.4 Å². The van der Waals surface area contributed by atoms with E-state index in [2.05, 4.69) is 17.1 Å². The number of rotatable bonds is 9. The van der Waals surface area contributed by atoms with Gasteiger partial charge in [0.25, 0.3) is 9.70 Å². The first-order chi connectivity index (χ1) is 23.9. The van der Waals surface area contributed by atoms with Gasteiger partial charge in [-0.25, -0.2) is 0 Å². The molecule has 2 aliphatic rings. The summed E-state index contributed by atoms with van der Waals surface area (Å²) in [5.41, 5.74) is 5.60. The molecule has 2 fully saturated rings. The minimum atomic E-state index is -2.02. The molecule has 2 aliphatic heterocycles. The highest BCUT2D eigenvalue weighted by Gasteiger charge is 2.41. The van der Waals surface area contributed by atoms with Crippen molar-refractivity contribution in [3.63, 3.8) is 0 Å². The summed E-state index contributed by atoms with van der Waals surface area (Å²) in [6.45, 7) is 4.52. The minimum Gasteiger partial charge on any atom is -0.392 e. The van der Waals surface area contributed by atoms with Gasteiger partial charge in [0, 0.05) is 42.7 Å². The number of halogens is 4. The first-order valence-corrected chi connectivity index (χ1v) is 18.2. The van der Waals surface area contributed by atoms with Gasteiger partial charge in [0.1, 0.15) is 0 Å². The Labute approximate surface area is 313 Å². The van der Waals surface area contributed by atoms with Crippen LogP contribution in [0.4, 0.5) is 0 Å². The van der Waals surface area contributed by atoms with E-state index < -0.39 is 21.6 Å². The van der Waals surface area contributed by atoms with Gasteiger partial charge in [0.15, 0.2) is 6.29 Å². The molecule has 1 amide bonds. The third-order valence-electron chi connectivity index (χ3n) is 9.78. The van der Waals surface area contributed by atoms with E-state index in [1.807, 2.05) is 97.1 Å². The molecular formula is C39H40Cl4N2O5. The van der Waals surface area contributed by atoms with Crippen molar-refractivity contribution < 1.29 is 24.5 Å². The molecule has 0 saturated carbocycles. The number of aliphatic hydroxyl groups excluding tert-OH is 1. The fourth-order valence-corrected chi connectivity index (χ4v) is 7.04. The van der Waals surface area contributed by atoms with Crippen LogP contribution in [0.5, 0.6) is 0 Å². The van der Waals surface area contributed by atoms with Gasteiger partial charge in [-0.3, -0.25) is 4.79 Å². The number of likely N-dealkylation sites (tertiary alicyclic amines) is 1. The van der Waals surface area contributed by atoms with E-state index in [9.17, 15) is 15.0 Å². The molecule has 4 atom stereocenters. The predicted molar refractivity (Wildman–Crippen MR) is 198 cm³/mol. The summed E-state index contributed by atoms with van der Waals surface area (Å²) in [6.07, 6.45) is 0.249. The van der Waals surface area contributed by atoms with Crippen molar-refractivity contribution in [2.45, 2.75) is 60.8 Å². The van der Waals surface area contributed by atoms with Crippen LogP contribution in [0.1, 0.15) is 60.0 Å². The van der Waals surface area contributed by atoms with Crippen molar-refractivity contribution in [3.05, 3.63) is 130 Å². The van der Waals surface area contributed by atoms with Crippen LogP contribution in [0.25, 0.3) is 11.1 Å². The number of hydrogen-bond acceptors (Lipinski definition) is 6. The normalized spacial score (nSPS) is 22.6. The summed E-state index contributed by atoms with van der Waals surface area (Å²) in [4.78, 5) is 14.4. The molecule has 0 bridgehead atoms. The predicted octanol–water partition coefficient (Wildman–Crippen LogP) is 8.26. The standard InChI is InChI=1S/C39H40Cl4N2O5/c1-25-34(23-45-19-17-38(48,18-20-45)32-13-15-33(40)16-14-32)49-36(50-35(25)29-7-5-26(24-46)6-8-29)30-11-9-28(10-12-30)31-4-2-3-27(21-31)22-44-37(47)39(41,42)43/h2-16,21,25,34-36,46,48H,17-20,22-24H2,1H3,(H,44,47). The fraction of sp³-hybridized carbons (Fsp3) is 0.359. The summed E-state index contributed by atoms with van der Waals surface area (Å²) in [5, 5.41) is 24.4. The van der Waals surface area contributed by atoms with Gasteiger partial charge in [-0.1, -0.05) is 132 Å². The first kappa shape index (κ1) is 37.1. The highest BCUT2D eigenvalue weighted by Crippen LogP contribution is 2.43. The van der Waals surface area contributed by atoms with Crippen LogP contribution in [-0.4, -0.2) is 50.6 Å². The molecule has 6 rings (SSSR count). The molecule has 0 aromatic heterocycles. The maximum absolute atomic E-state index is 12.0. The summed E-state index contributed by atoms with van der Waals surface area (Å²) in [6, 6.07) is 31.3. The number of ether oxygens (including phenoxy) is 2. The molecule has 264 valence electrons. The molecule has 0 radical (unpaired) electrons. The number of alkyl halides is 3. The van der Waals surface area contributed by atoms with Gasteiger partial charge < -0.3 is 29.9 Å². The number of amides is 1. The van der Waals surface area contributed by atoms with E-state index in [1.54, 1.807) is 0 Å². The van der Waals surface area contributed by atoms with Gasteiger partial charge in [-0.05, 0) is 64.4 Å². The lowest BCUT2D eigenvalue weighted by molar-refractivity contribution is -0.277. The van der Waals surface area contributed by atoms with Crippen molar-refractivity contribution in [2.24, 2.45) is 5.92 Å². The Bertz CT molecular complexity index is 1740. The summed E-state index contributed by atoms with van der Waals surface area (Å²) in [7, 11) is 0. The summed E-state index contributed by atoms with van der Waals surface area (Å²) in [5.74, 6) is -0.646. The Balaban J connectivity index is 1.18. The SMILES string of the molecule is CC1C(CN2CCC(O)(c3ccc(Cl)cc3)CC2)OC(c2ccc(-c3cccc(CNC(=O)C(Cl)(Cl)Cl)c3)cc2)OC1c1ccc(CO)cc1. The summed E-state index contributed by atoms with van der Waals surface area (Å²) < 4.78 is 11.4. The zero-order valence-corrected chi connectivity index (χ0v) is 30.6. The second-order valence-corrected chi connectivity index (χ2v) is 15.9. The molecule has 4 unspecified atom stereocenters. The van der Waals surface area contributed by atoms with Crippen molar-refractivity contribution in [3.8, 4) is 11.1 Å². The van der Waals surface area contributed by atoms with Crippen LogP contribution in [0, 0.1) is 5.92 Å². The van der Waals surface area contributed by atoms with E-state index >= 15 is 0 Å². The van der Waals surface area contributed by atoms with E-state index in [0.717, 1.165) is 52.0 Å². The van der Waals surface area contributed by atoms with Crippen LogP contribution in [-0.2, 0) is 33.0 Å². The molecular weight excluding hydrogens is 718 g/mol. The van der Waals surface area contributed by atoms with E-state index in [4.69, 9.17) is 55.9 Å². The largest absolute Gasteiger partial charge is 0.392 e. The van der Waals surface area contributed by atoms with Crippen LogP contribution in [0.2, 0.25) is 5.02 Å². The van der Waals surface area contributed by atoms with Crippen molar-refractivity contribution in [1.82, 2.24) is 10.2 Å². The molecule has 4 aromatic rings. The van der Waals surface area contributed by atoms with E-state index in [1.165, 1.54) is 0 Å². The van der Waals surface area contributed by atoms with Crippen molar-refractivity contribution >= 4 is 52.3 Å². The van der Waals surface area contributed by atoms with Crippen LogP contribution < -0.4 is 5.32 Å². The number of nitrogens with zero attached hydrogens (tertiary/aromatic N) is 1. The Morgan fingerprint density at radius 1 is 0.880 bits per heavy atom. The highest BCUT2D eigenvalue weighted by atomic mass is 35.6. The van der Waals surface area contributed by atoms with Gasteiger partial charge in [-0.2, -0.15) is 0 Å². The lowest BCUT2D eigenvalue weighted by atomic mass is 9.84. The molecule has 0 aliphatic carbocycles. The van der Waals surface area contributed by atoms with Crippen molar-refractivity contribution in [1.29, 1.82) is 0 Å². The first-order valence-electron chi connectivity index (χ1n) is 16.7. The van der Waals surface area contributed by atoms with Gasteiger partial charge >= 0.3 is 0 Å². The van der Waals surface area contributed by atoms with Crippen LogP contribution >= 0.6 is 46.4 Å². The molecule has 11 heteroatoms. The number of piperidine rings is 1. The monoisotopic (exact) mass is 756 g/mol. The number of carbonyl (C=O) groups excluding carboxylic acids is 1. The zero-order valence-electron chi connectivity index (χ0n) is 27.6. The lowest BCUT2D eigenvalue weighted by Gasteiger charge is -2.45. The van der Waals surface area contributed by atoms with Gasteiger partial charge in [0.05, 0.1) is 24.4 Å². The quantitative estimate of drug-likeness (QED) is 0.149. The Morgan fingerprint density at radius 3 is 2.18 bits per heavy atom. The molecule has 2 saturated heterocycles. The maximum atomic E-state index is 12.0. The average molecular weight is 759 g/mol. The van der Waals surface area contributed by atoms with Gasteiger partial charge in [0.2, 0.25) is 0 Å². The second kappa shape index (κ2) is 15.9. The van der Waals surface area contributed by atoms with Crippen LogP contribution in [0.15, 0.2) is 97.1 Å². The lowest BCUT2D eigenvalue weighted by Crippen LogP contribution is -2.49. The molecule has 0 spiro atoms. The molecule has 2 heterocycles. The maximum Gasteiger partial charge on any atom is 0.272 e. The topological polar surface area (TPSA) is 91.3 Å². The average Bonchev–Trinajstić information content (AvgIpc) is 3.12. The Morgan fingerprint density at radius 2 is 1.54 bits per heavy atom. The molecule has 50 heavy (non-hydrogen) atoms. The van der Waals surface area contributed by atoms with Crippen LogP contribution in [0.3, 0.4) is 0 Å². The minimum absolute atomic E-state index is 0.0219. The van der Waals surface area contributed by atoms with Gasteiger partial charge in [-0.15, -0.1) is 0 Å². The molecule has 7 nitrogen and oxygen atoms in total.